The van der Waals surface area contributed by atoms with Crippen LogP contribution < -0.4 is 10.2 Å². The topological polar surface area (TPSA) is 114 Å². The molecule has 0 amide bonds. The van der Waals surface area contributed by atoms with Gasteiger partial charge in [0.2, 0.25) is 0 Å². The Morgan fingerprint density at radius 1 is 0.636 bits per heavy atom. The van der Waals surface area contributed by atoms with Gasteiger partial charge in [-0.3, -0.25) is 9.59 Å². The number of alkyl halides is 6. The molecule has 174 valence electrons. The van der Waals surface area contributed by atoms with Crippen LogP contribution in [0.1, 0.15) is 11.1 Å². The van der Waals surface area contributed by atoms with Gasteiger partial charge in [-0.1, -0.05) is 72.2 Å². The predicted octanol–water partition coefficient (Wildman–Crippen LogP) is 2.80. The normalized spacial score (nSPS) is 11.7. The van der Waals surface area contributed by atoms with Crippen LogP contribution in [0.15, 0.2) is 72.8 Å². The van der Waals surface area contributed by atoms with Crippen molar-refractivity contribution in [3.05, 3.63) is 83.9 Å². The Labute approximate surface area is 197 Å². The number of ketones is 2. The molecule has 0 bridgehead atoms. The summed E-state index contributed by atoms with van der Waals surface area (Å²) in [7, 11) is 0. The molecule has 0 heterocycles. The molecule has 0 N–H and O–H groups in total. The monoisotopic (exact) mass is 700 g/mol. The molecule has 6 nitrogen and oxygen atoms in total. The molecule has 0 saturated carbocycles. The molecule has 0 atom stereocenters. The van der Waals surface area contributed by atoms with Crippen molar-refractivity contribution in [1.82, 2.24) is 0 Å². The van der Waals surface area contributed by atoms with Gasteiger partial charge in [-0.2, -0.15) is 26.3 Å². The molecule has 0 aliphatic heterocycles. The van der Waals surface area contributed by atoms with E-state index >= 15 is 0 Å². The number of carbonyl (C=O) groups is 2. The van der Waals surface area contributed by atoms with E-state index in [1.165, 1.54) is 48.5 Å². The van der Waals surface area contributed by atoms with E-state index in [1.54, 1.807) is 12.1 Å². The van der Waals surface area contributed by atoms with E-state index in [2.05, 4.69) is 0 Å². The zero-order valence-corrected chi connectivity index (χ0v) is 20.3. The Hall–Kier alpha value is -2.91. The van der Waals surface area contributed by atoms with E-state index in [-0.39, 0.29) is 23.3 Å². The van der Waals surface area contributed by atoms with E-state index in [9.17, 15) is 46.1 Å². The van der Waals surface area contributed by atoms with Crippen molar-refractivity contribution < 1.29 is 78.4 Å². The quantitative estimate of drug-likeness (QED) is 0.276. The van der Waals surface area contributed by atoms with Crippen LogP contribution in [-0.4, -0.2) is 23.9 Å². The van der Waals surface area contributed by atoms with Crippen molar-refractivity contribution in [3.8, 4) is 0 Å². The van der Waals surface area contributed by atoms with Crippen molar-refractivity contribution in [2.24, 2.45) is 0 Å². The SMILES string of the molecule is O=C(C=C([O-])c1ccccc1)C(F)(F)F.O=C(C=C([O-])c1ccccc1)C(F)(F)F.[O]=[U+2]=[O]. The summed E-state index contributed by atoms with van der Waals surface area (Å²) in [4.78, 5) is 20.9. The fraction of sp³-hybridized carbons (Fsp3) is 0.100. The molecule has 0 radical (unpaired) electrons. The average Bonchev–Trinajstić information content (AvgIpc) is 2.74. The number of benzene rings is 2. The first kappa shape index (κ1) is 30.1. The van der Waals surface area contributed by atoms with Gasteiger partial charge in [0.25, 0.3) is 11.6 Å². The third-order valence-corrected chi connectivity index (χ3v) is 3.20. The molecule has 0 saturated heterocycles. The third kappa shape index (κ3) is 12.6. The van der Waals surface area contributed by atoms with Gasteiger partial charge in [0.1, 0.15) is 0 Å². The van der Waals surface area contributed by atoms with E-state index in [1.807, 2.05) is 0 Å². The summed E-state index contributed by atoms with van der Waals surface area (Å²) in [6.45, 7) is 0. The summed E-state index contributed by atoms with van der Waals surface area (Å²) in [5, 5.41) is 22.3. The number of carbonyl (C=O) groups excluding carboxylic acids is 2. The van der Waals surface area contributed by atoms with Crippen molar-refractivity contribution in [2.45, 2.75) is 12.4 Å². The van der Waals surface area contributed by atoms with Crippen LogP contribution in [-0.2, 0) is 14.1 Å². The second-order valence-corrected chi connectivity index (χ2v) is 6.25. The van der Waals surface area contributed by atoms with Crippen LogP contribution in [0, 0.1) is 27.8 Å². The summed E-state index contributed by atoms with van der Waals surface area (Å²) in [6, 6.07) is 14.6. The van der Waals surface area contributed by atoms with Crippen LogP contribution in [0.5, 0.6) is 0 Å². The number of hydrogen-bond donors (Lipinski definition) is 0. The first-order valence-corrected chi connectivity index (χ1v) is 11.7. The average molecular weight is 700 g/mol. The van der Waals surface area contributed by atoms with Gasteiger partial charge in [-0.15, -0.1) is 0 Å². The van der Waals surface area contributed by atoms with Gasteiger partial charge >= 0.3 is 44.6 Å². The minimum atomic E-state index is -5.00. The van der Waals surface area contributed by atoms with Gasteiger partial charge in [0.15, 0.2) is 0 Å². The zero-order chi connectivity index (χ0) is 25.7. The van der Waals surface area contributed by atoms with E-state index in [4.69, 9.17) is 4.47 Å². The van der Waals surface area contributed by atoms with Crippen molar-refractivity contribution >= 4 is 23.1 Å². The molecule has 0 aliphatic rings. The minimum absolute atomic E-state index is 0.0509. The molecule has 0 aliphatic carbocycles. The fourth-order valence-corrected chi connectivity index (χ4v) is 1.77. The second kappa shape index (κ2) is 14.3. The summed E-state index contributed by atoms with van der Waals surface area (Å²) >= 11 is -2.51. The van der Waals surface area contributed by atoms with Crippen LogP contribution in [0.25, 0.3) is 11.5 Å². The van der Waals surface area contributed by atoms with Crippen LogP contribution in [0.2, 0.25) is 0 Å². The first-order chi connectivity index (χ1) is 15.2. The Morgan fingerprint density at radius 2 is 0.879 bits per heavy atom. The van der Waals surface area contributed by atoms with Gasteiger partial charge in [-0.05, 0) is 23.3 Å². The maximum absolute atomic E-state index is 11.8. The van der Waals surface area contributed by atoms with Gasteiger partial charge in [-0.25, -0.2) is 0 Å². The Bertz CT molecular complexity index is 931. The molecule has 0 unspecified atom stereocenters. The van der Waals surface area contributed by atoms with Gasteiger partial charge < -0.3 is 10.2 Å². The van der Waals surface area contributed by atoms with E-state index in [0.717, 1.165) is 0 Å². The zero-order valence-electron chi connectivity index (χ0n) is 16.1. The molecule has 0 fully saturated rings. The molecule has 13 heteroatoms. The van der Waals surface area contributed by atoms with E-state index in [0.29, 0.717) is 0 Å². The molecule has 0 spiro atoms. The summed E-state index contributed by atoms with van der Waals surface area (Å²) < 4.78 is 87.9. The van der Waals surface area contributed by atoms with Crippen molar-refractivity contribution in [2.75, 3.05) is 0 Å². The Balaban J connectivity index is 0.000000555. The fourth-order valence-electron chi connectivity index (χ4n) is 1.77. The molecule has 33 heavy (non-hydrogen) atoms. The molecule has 2 aromatic rings. The van der Waals surface area contributed by atoms with Crippen LogP contribution >= 0.6 is 0 Å². The van der Waals surface area contributed by atoms with Crippen molar-refractivity contribution in [3.63, 3.8) is 0 Å². The van der Waals surface area contributed by atoms with Gasteiger partial charge in [0.05, 0.1) is 0 Å². The molecule has 2 aromatic carbocycles. The standard InChI is InChI=1S/2C10H7F3O2.2O.U/c2*11-10(12,13)9(15)6-8(14)7-4-2-1-3-5-7;;;/h2*1-6,14H;;;/q;;;;+2/p-2. The first-order valence-electron chi connectivity index (χ1n) is 8.33. The maximum atomic E-state index is 11.8. The van der Waals surface area contributed by atoms with Gasteiger partial charge in [0, 0.05) is 0 Å². The van der Waals surface area contributed by atoms with E-state index < -0.39 is 63.3 Å². The number of halogens is 6. The van der Waals surface area contributed by atoms with Crippen LogP contribution in [0.3, 0.4) is 0 Å². The summed E-state index contributed by atoms with van der Waals surface area (Å²) in [5.74, 6) is -6.18. The summed E-state index contributed by atoms with van der Waals surface area (Å²) in [6.07, 6.45) is -9.89. The predicted molar refractivity (Wildman–Crippen MR) is 92.3 cm³/mol. The van der Waals surface area contributed by atoms with Crippen molar-refractivity contribution in [1.29, 1.82) is 0 Å². The number of allylic oxidation sites excluding steroid dienone is 2. The Morgan fingerprint density at radius 3 is 1.09 bits per heavy atom. The number of rotatable bonds is 4. The van der Waals surface area contributed by atoms with Crippen LogP contribution in [0.4, 0.5) is 26.3 Å². The molecule has 2 rings (SSSR count). The Kier molecular flexibility index (Phi) is 13.0. The third-order valence-electron chi connectivity index (χ3n) is 3.20. The summed E-state index contributed by atoms with van der Waals surface area (Å²) in [5.41, 5.74) is 0.102. The molecule has 0 aromatic heterocycles. The number of hydrogen-bond acceptors (Lipinski definition) is 6. The molecular formula is C20H12F6O6U. The second-order valence-electron chi connectivity index (χ2n) is 5.56. The molecular weight excluding hydrogens is 688 g/mol.